The van der Waals surface area contributed by atoms with Crippen molar-refractivity contribution in [2.24, 2.45) is 0 Å². The Kier molecular flexibility index (Phi) is 6.13. The minimum atomic E-state index is 0.118. The van der Waals surface area contributed by atoms with Gasteiger partial charge in [-0.05, 0) is 61.7 Å². The van der Waals surface area contributed by atoms with Gasteiger partial charge in [0.05, 0.1) is 18.9 Å². The molecule has 0 radical (unpaired) electrons. The zero-order valence-electron chi connectivity index (χ0n) is 21.6. The van der Waals surface area contributed by atoms with Gasteiger partial charge in [0.2, 0.25) is 5.95 Å². The van der Waals surface area contributed by atoms with Crippen LogP contribution >= 0.6 is 0 Å². The summed E-state index contributed by atoms with van der Waals surface area (Å²) in [6.45, 7) is 10.2. The van der Waals surface area contributed by atoms with E-state index >= 15 is 0 Å². The molecular weight excluding hydrogens is 452 g/mol. The Morgan fingerprint density at radius 1 is 0.944 bits per heavy atom. The Balaban J connectivity index is 1.26. The Bertz CT molecular complexity index is 1230. The topological polar surface area (TPSA) is 82.5 Å². The predicted molar refractivity (Wildman–Crippen MR) is 143 cm³/mol. The van der Waals surface area contributed by atoms with Crippen LogP contribution < -0.4 is 15.1 Å². The van der Waals surface area contributed by atoms with E-state index in [1.165, 1.54) is 17.4 Å². The van der Waals surface area contributed by atoms with E-state index in [0.717, 1.165) is 87.5 Å². The van der Waals surface area contributed by atoms with Gasteiger partial charge in [0.15, 0.2) is 0 Å². The third-order valence-corrected chi connectivity index (χ3v) is 7.91. The van der Waals surface area contributed by atoms with Gasteiger partial charge in [-0.3, -0.25) is 4.90 Å². The number of hydrogen-bond acceptors (Lipinski definition) is 9. The third-order valence-electron chi connectivity index (χ3n) is 7.91. The van der Waals surface area contributed by atoms with Crippen LogP contribution in [0.15, 0.2) is 30.7 Å². The highest BCUT2D eigenvalue weighted by molar-refractivity contribution is 5.95. The van der Waals surface area contributed by atoms with E-state index in [1.54, 1.807) is 0 Å². The predicted octanol–water partition coefficient (Wildman–Crippen LogP) is 4.15. The number of nitrogens with one attached hydrogen (secondary N) is 1. The maximum Gasteiger partial charge on any atom is 0.227 e. The van der Waals surface area contributed by atoms with Crippen LogP contribution in [0.3, 0.4) is 0 Å². The second kappa shape index (κ2) is 9.44. The largest absolute Gasteiger partial charge is 0.375 e. The molecule has 0 aromatic carbocycles. The molecule has 1 spiro atoms. The molecule has 6 heterocycles. The highest BCUT2D eigenvalue weighted by Crippen LogP contribution is 2.37. The van der Waals surface area contributed by atoms with Crippen LogP contribution in [0.25, 0.3) is 10.8 Å². The highest BCUT2D eigenvalue weighted by atomic mass is 16.5. The molecule has 190 valence electrons. The van der Waals surface area contributed by atoms with Gasteiger partial charge in [-0.2, -0.15) is 4.98 Å². The zero-order chi connectivity index (χ0) is 24.7. The van der Waals surface area contributed by atoms with Gasteiger partial charge < -0.3 is 19.9 Å². The van der Waals surface area contributed by atoms with E-state index in [-0.39, 0.29) is 5.60 Å². The fourth-order valence-electron chi connectivity index (χ4n) is 5.66. The summed E-state index contributed by atoms with van der Waals surface area (Å²) in [6, 6.07) is 4.05. The quantitative estimate of drug-likeness (QED) is 0.569. The zero-order valence-corrected chi connectivity index (χ0v) is 21.6. The fraction of sp³-hybridized carbons (Fsp3) is 0.556. The van der Waals surface area contributed by atoms with Gasteiger partial charge in [0, 0.05) is 50.2 Å². The average Bonchev–Trinajstić information content (AvgIpc) is 2.87. The van der Waals surface area contributed by atoms with Crippen LogP contribution in [0.5, 0.6) is 0 Å². The van der Waals surface area contributed by atoms with Crippen LogP contribution in [0.1, 0.15) is 51.0 Å². The standard InChI is InChI=1S/C27H36N8O/c1-19(2)21-16-30-25(35-11-4-10-33(3)18-35)22-17-29-24(15-20(21)22)31-23-5-9-28-26(32-23)34-12-6-27(7-13-34)8-14-36-27/h5,9,15-17,19H,4,6-8,10-14,18H2,1-3H3,(H,28,29,31,32). The first-order chi connectivity index (χ1) is 17.5. The summed E-state index contributed by atoms with van der Waals surface area (Å²) in [5.74, 6) is 3.68. The molecule has 0 aliphatic carbocycles. The molecule has 3 aliphatic heterocycles. The van der Waals surface area contributed by atoms with E-state index < -0.39 is 0 Å². The van der Waals surface area contributed by atoms with Crippen LogP contribution in [0.4, 0.5) is 23.4 Å². The van der Waals surface area contributed by atoms with Crippen molar-refractivity contribution >= 4 is 34.2 Å². The van der Waals surface area contributed by atoms with Crippen molar-refractivity contribution in [1.82, 2.24) is 24.8 Å². The van der Waals surface area contributed by atoms with E-state index in [0.29, 0.717) is 5.92 Å². The summed E-state index contributed by atoms with van der Waals surface area (Å²) in [4.78, 5) is 26.0. The van der Waals surface area contributed by atoms with Crippen molar-refractivity contribution < 1.29 is 4.74 Å². The van der Waals surface area contributed by atoms with Crippen LogP contribution in [-0.2, 0) is 4.74 Å². The van der Waals surface area contributed by atoms with Gasteiger partial charge in [0.1, 0.15) is 17.5 Å². The number of fused-ring (bicyclic) bond motifs is 1. The Hall–Kier alpha value is -3.04. The molecular formula is C27H36N8O. The fourth-order valence-corrected chi connectivity index (χ4v) is 5.66. The highest BCUT2D eigenvalue weighted by Gasteiger charge is 2.41. The molecule has 36 heavy (non-hydrogen) atoms. The van der Waals surface area contributed by atoms with Crippen LogP contribution in [-0.4, -0.2) is 76.9 Å². The second-order valence-corrected chi connectivity index (χ2v) is 10.8. The van der Waals surface area contributed by atoms with E-state index in [2.05, 4.69) is 52.0 Å². The molecule has 0 saturated carbocycles. The molecule has 6 rings (SSSR count). The first-order valence-electron chi connectivity index (χ1n) is 13.2. The molecule has 3 saturated heterocycles. The molecule has 0 atom stereocenters. The smallest absolute Gasteiger partial charge is 0.227 e. The normalized spacial score (nSPS) is 20.2. The number of piperidine rings is 1. The molecule has 3 fully saturated rings. The molecule has 9 heteroatoms. The van der Waals surface area contributed by atoms with Gasteiger partial charge in [-0.1, -0.05) is 13.8 Å². The molecule has 0 unspecified atom stereocenters. The van der Waals surface area contributed by atoms with Gasteiger partial charge in [0.25, 0.3) is 0 Å². The van der Waals surface area contributed by atoms with Gasteiger partial charge in [-0.15, -0.1) is 0 Å². The number of pyridine rings is 2. The number of rotatable bonds is 5. The van der Waals surface area contributed by atoms with Crippen LogP contribution in [0.2, 0.25) is 0 Å². The number of nitrogens with zero attached hydrogens (tertiary/aromatic N) is 7. The van der Waals surface area contributed by atoms with Gasteiger partial charge >= 0.3 is 0 Å². The molecule has 9 nitrogen and oxygen atoms in total. The molecule has 3 aromatic rings. The van der Waals surface area contributed by atoms with Crippen molar-refractivity contribution in [1.29, 1.82) is 0 Å². The Morgan fingerprint density at radius 2 is 1.78 bits per heavy atom. The molecule has 3 aliphatic rings. The third kappa shape index (κ3) is 4.46. The lowest BCUT2D eigenvalue weighted by atomic mass is 9.84. The minimum Gasteiger partial charge on any atom is -0.375 e. The van der Waals surface area contributed by atoms with E-state index in [9.17, 15) is 0 Å². The number of aromatic nitrogens is 4. The summed E-state index contributed by atoms with van der Waals surface area (Å²) in [7, 11) is 2.16. The Morgan fingerprint density at radius 3 is 2.50 bits per heavy atom. The molecule has 0 bridgehead atoms. The lowest BCUT2D eigenvalue weighted by Gasteiger charge is -2.47. The van der Waals surface area contributed by atoms with Gasteiger partial charge in [-0.25, -0.2) is 15.0 Å². The molecule has 1 N–H and O–H groups in total. The first kappa shape index (κ1) is 23.4. The second-order valence-electron chi connectivity index (χ2n) is 10.8. The SMILES string of the molecule is CC(C)c1cnc(N2CCCN(C)C2)c2cnc(Nc3ccnc(N4CCC5(CCO5)CC4)n3)cc12. The maximum atomic E-state index is 5.86. The van der Waals surface area contributed by atoms with Crippen molar-refractivity contribution in [3.63, 3.8) is 0 Å². The molecule has 3 aromatic heterocycles. The minimum absolute atomic E-state index is 0.118. The lowest BCUT2D eigenvalue weighted by molar-refractivity contribution is -0.158. The first-order valence-corrected chi connectivity index (χ1v) is 13.2. The van der Waals surface area contributed by atoms with Crippen molar-refractivity contribution in [3.05, 3.63) is 36.3 Å². The monoisotopic (exact) mass is 488 g/mol. The van der Waals surface area contributed by atoms with Crippen molar-refractivity contribution in [2.45, 2.75) is 51.0 Å². The summed E-state index contributed by atoms with van der Waals surface area (Å²) in [5, 5.41) is 5.72. The Labute approximate surface area is 212 Å². The van der Waals surface area contributed by atoms with E-state index in [4.69, 9.17) is 19.7 Å². The van der Waals surface area contributed by atoms with Crippen molar-refractivity contribution in [3.8, 4) is 0 Å². The lowest BCUT2D eigenvalue weighted by Crippen LogP contribution is -2.52. The van der Waals surface area contributed by atoms with Crippen LogP contribution in [0, 0.1) is 0 Å². The summed E-state index contributed by atoms with van der Waals surface area (Å²) in [6.07, 6.45) is 10.2. The van der Waals surface area contributed by atoms with Crippen molar-refractivity contribution in [2.75, 3.05) is 61.6 Å². The summed E-state index contributed by atoms with van der Waals surface area (Å²) < 4.78 is 5.86. The number of anilines is 4. The molecule has 0 amide bonds. The maximum absolute atomic E-state index is 5.86. The summed E-state index contributed by atoms with van der Waals surface area (Å²) >= 11 is 0. The van der Waals surface area contributed by atoms with E-state index in [1.807, 2.05) is 24.7 Å². The number of hydrogen-bond donors (Lipinski definition) is 1. The average molecular weight is 489 g/mol. The summed E-state index contributed by atoms with van der Waals surface area (Å²) in [5.41, 5.74) is 1.35. The number of ether oxygens (including phenoxy) is 1.